The van der Waals surface area contributed by atoms with Gasteiger partial charge in [0.1, 0.15) is 0 Å². The fourth-order valence-electron chi connectivity index (χ4n) is 3.10. The van der Waals surface area contributed by atoms with Crippen LogP contribution in [0, 0.1) is 5.92 Å². The summed E-state index contributed by atoms with van der Waals surface area (Å²) in [6.45, 7) is 4.16. The van der Waals surface area contributed by atoms with Crippen LogP contribution in [0.25, 0.3) is 0 Å². The lowest BCUT2D eigenvalue weighted by atomic mass is 9.86. The number of esters is 1. The molecule has 0 radical (unpaired) electrons. The van der Waals surface area contributed by atoms with E-state index >= 15 is 0 Å². The summed E-state index contributed by atoms with van der Waals surface area (Å²) >= 11 is 0. The quantitative estimate of drug-likeness (QED) is 0.579. The summed E-state index contributed by atoms with van der Waals surface area (Å²) in [4.78, 5) is 28.0. The maximum atomic E-state index is 12.5. The molecule has 0 N–H and O–H groups in total. The minimum Gasteiger partial charge on any atom is -0.466 e. The Morgan fingerprint density at radius 1 is 1.00 bits per heavy atom. The van der Waals surface area contributed by atoms with Gasteiger partial charge in [0.05, 0.1) is 13.0 Å². The molecule has 23 heavy (non-hydrogen) atoms. The van der Waals surface area contributed by atoms with Crippen LogP contribution in [-0.4, -0.2) is 62.0 Å². The zero-order chi connectivity index (χ0) is 17.1. The van der Waals surface area contributed by atoms with Crippen LogP contribution >= 0.6 is 0 Å². The van der Waals surface area contributed by atoms with Crippen LogP contribution in [0.2, 0.25) is 0 Å². The molecule has 134 valence electrons. The van der Waals surface area contributed by atoms with Crippen molar-refractivity contribution in [3.63, 3.8) is 0 Å². The van der Waals surface area contributed by atoms with Crippen LogP contribution < -0.4 is 0 Å². The number of ether oxygens (including phenoxy) is 1. The molecule has 0 aromatic heterocycles. The van der Waals surface area contributed by atoms with E-state index in [-0.39, 0.29) is 18.3 Å². The molecule has 1 amide bonds. The summed E-state index contributed by atoms with van der Waals surface area (Å²) in [5.74, 6) is 0.678. The molecule has 0 atom stereocenters. The van der Waals surface area contributed by atoms with Crippen LogP contribution in [0.3, 0.4) is 0 Å². The largest absolute Gasteiger partial charge is 0.466 e. The molecule has 0 heterocycles. The Balaban J connectivity index is 2.41. The molecule has 5 nitrogen and oxygen atoms in total. The summed E-state index contributed by atoms with van der Waals surface area (Å²) in [7, 11) is 3.99. The average Bonchev–Trinajstić information content (AvgIpc) is 2.53. The number of carbonyl (C=O) groups excluding carboxylic acids is 2. The molecule has 0 aliphatic heterocycles. The highest BCUT2D eigenvalue weighted by Crippen LogP contribution is 2.27. The van der Waals surface area contributed by atoms with E-state index in [2.05, 4.69) is 4.90 Å². The second kappa shape index (κ2) is 11.4. The topological polar surface area (TPSA) is 49.9 Å². The molecule has 0 aromatic carbocycles. The van der Waals surface area contributed by atoms with Gasteiger partial charge >= 0.3 is 5.97 Å². The first-order chi connectivity index (χ1) is 11.0. The van der Waals surface area contributed by atoms with Gasteiger partial charge in [0.25, 0.3) is 0 Å². The van der Waals surface area contributed by atoms with E-state index < -0.39 is 0 Å². The monoisotopic (exact) mass is 326 g/mol. The Hall–Kier alpha value is -1.10. The molecule has 0 bridgehead atoms. The summed E-state index contributed by atoms with van der Waals surface area (Å²) in [5, 5.41) is 0. The number of rotatable bonds is 10. The van der Waals surface area contributed by atoms with E-state index in [1.807, 2.05) is 19.0 Å². The van der Waals surface area contributed by atoms with Crippen LogP contribution in [0.1, 0.15) is 58.3 Å². The van der Waals surface area contributed by atoms with E-state index in [9.17, 15) is 9.59 Å². The van der Waals surface area contributed by atoms with Gasteiger partial charge in [0, 0.05) is 26.1 Å². The van der Waals surface area contributed by atoms with Crippen molar-refractivity contribution in [2.75, 3.05) is 40.3 Å². The normalized spacial score (nSPS) is 15.7. The predicted molar refractivity (Wildman–Crippen MR) is 92.2 cm³/mol. The van der Waals surface area contributed by atoms with E-state index in [4.69, 9.17) is 4.74 Å². The first-order valence-corrected chi connectivity index (χ1v) is 9.11. The van der Waals surface area contributed by atoms with Gasteiger partial charge in [-0.2, -0.15) is 0 Å². The minimum absolute atomic E-state index is 0.182. The third-order valence-electron chi connectivity index (χ3n) is 4.55. The van der Waals surface area contributed by atoms with Crippen molar-refractivity contribution >= 4 is 11.9 Å². The molecule has 1 aliphatic rings. The highest BCUT2D eigenvalue weighted by Gasteiger charge is 2.19. The van der Waals surface area contributed by atoms with Gasteiger partial charge in [0.2, 0.25) is 5.91 Å². The molecule has 0 unspecified atom stereocenters. The first-order valence-electron chi connectivity index (χ1n) is 9.11. The maximum Gasteiger partial charge on any atom is 0.307 e. The third kappa shape index (κ3) is 8.94. The van der Waals surface area contributed by atoms with Crippen LogP contribution in [0.4, 0.5) is 0 Å². The van der Waals surface area contributed by atoms with Gasteiger partial charge in [0.15, 0.2) is 0 Å². The number of likely N-dealkylation sites (N-methyl/N-ethyl adjacent to an activating group) is 1. The second-order valence-corrected chi connectivity index (χ2v) is 6.78. The van der Waals surface area contributed by atoms with E-state index in [0.717, 1.165) is 13.0 Å². The van der Waals surface area contributed by atoms with Crippen LogP contribution in [0.5, 0.6) is 0 Å². The highest BCUT2D eigenvalue weighted by molar-refractivity contribution is 5.77. The number of carbonyl (C=O) groups is 2. The predicted octanol–water partition coefficient (Wildman–Crippen LogP) is 2.69. The standard InChI is InChI=1S/C18H34N2O3/c1-4-23-18(22)12-13-20(15-14-19(2)3)17(21)11-10-16-8-6-5-7-9-16/h16H,4-15H2,1-3H3. The van der Waals surface area contributed by atoms with Crippen molar-refractivity contribution in [3.8, 4) is 0 Å². The summed E-state index contributed by atoms with van der Waals surface area (Å²) in [6, 6.07) is 0. The van der Waals surface area contributed by atoms with Crippen molar-refractivity contribution in [2.45, 2.75) is 58.3 Å². The van der Waals surface area contributed by atoms with E-state index in [1.54, 1.807) is 6.92 Å². The summed E-state index contributed by atoms with van der Waals surface area (Å²) in [5.41, 5.74) is 0. The Kier molecular flexibility index (Phi) is 9.92. The van der Waals surface area contributed by atoms with Crippen LogP contribution in [-0.2, 0) is 14.3 Å². The molecule has 0 aromatic rings. The molecule has 0 spiro atoms. The Morgan fingerprint density at radius 3 is 2.30 bits per heavy atom. The number of hydrogen-bond donors (Lipinski definition) is 0. The summed E-state index contributed by atoms with van der Waals surface area (Å²) < 4.78 is 4.97. The minimum atomic E-state index is -0.220. The van der Waals surface area contributed by atoms with Gasteiger partial charge in [-0.3, -0.25) is 9.59 Å². The van der Waals surface area contributed by atoms with Crippen molar-refractivity contribution in [3.05, 3.63) is 0 Å². The molecular formula is C18H34N2O3. The van der Waals surface area contributed by atoms with Gasteiger partial charge < -0.3 is 14.5 Å². The Labute approximate surface area is 141 Å². The number of hydrogen-bond acceptors (Lipinski definition) is 4. The Bertz CT molecular complexity index is 352. The zero-order valence-corrected chi connectivity index (χ0v) is 15.2. The third-order valence-corrected chi connectivity index (χ3v) is 4.55. The van der Waals surface area contributed by atoms with Gasteiger partial charge in [-0.05, 0) is 33.4 Å². The van der Waals surface area contributed by atoms with Crippen molar-refractivity contribution in [1.29, 1.82) is 0 Å². The highest BCUT2D eigenvalue weighted by atomic mass is 16.5. The van der Waals surface area contributed by atoms with Crippen molar-refractivity contribution < 1.29 is 14.3 Å². The van der Waals surface area contributed by atoms with Gasteiger partial charge in [-0.25, -0.2) is 0 Å². The molecule has 1 fully saturated rings. The van der Waals surface area contributed by atoms with Gasteiger partial charge in [-0.1, -0.05) is 32.1 Å². The average molecular weight is 326 g/mol. The lowest BCUT2D eigenvalue weighted by Crippen LogP contribution is -2.38. The summed E-state index contributed by atoms with van der Waals surface area (Å²) in [6.07, 6.45) is 8.41. The lowest BCUT2D eigenvalue weighted by Gasteiger charge is -2.26. The zero-order valence-electron chi connectivity index (χ0n) is 15.2. The maximum absolute atomic E-state index is 12.5. The molecular weight excluding hydrogens is 292 g/mol. The molecule has 1 aliphatic carbocycles. The molecule has 5 heteroatoms. The van der Waals surface area contributed by atoms with Crippen molar-refractivity contribution in [1.82, 2.24) is 9.80 Å². The first kappa shape index (κ1) is 19.9. The molecule has 1 saturated carbocycles. The molecule has 1 rings (SSSR count). The Morgan fingerprint density at radius 2 is 1.70 bits per heavy atom. The fourth-order valence-corrected chi connectivity index (χ4v) is 3.10. The van der Waals surface area contributed by atoms with Crippen LogP contribution in [0.15, 0.2) is 0 Å². The van der Waals surface area contributed by atoms with Gasteiger partial charge in [-0.15, -0.1) is 0 Å². The lowest BCUT2D eigenvalue weighted by molar-refractivity contribution is -0.144. The fraction of sp³-hybridized carbons (Fsp3) is 0.889. The SMILES string of the molecule is CCOC(=O)CCN(CCN(C)C)C(=O)CCC1CCCCC1. The molecule has 0 saturated heterocycles. The van der Waals surface area contributed by atoms with Crippen molar-refractivity contribution in [2.24, 2.45) is 5.92 Å². The van der Waals surface area contributed by atoms with E-state index in [1.165, 1.54) is 32.1 Å². The number of amides is 1. The smallest absolute Gasteiger partial charge is 0.307 e. The second-order valence-electron chi connectivity index (χ2n) is 6.78. The number of nitrogens with zero attached hydrogens (tertiary/aromatic N) is 2. The van der Waals surface area contributed by atoms with E-state index in [0.29, 0.717) is 32.0 Å².